The van der Waals surface area contributed by atoms with Gasteiger partial charge < -0.3 is 14.8 Å². The molecule has 1 aromatic rings. The van der Waals surface area contributed by atoms with Crippen LogP contribution in [0, 0.1) is 0 Å². The number of carbonyl (C=O) groups is 1. The van der Waals surface area contributed by atoms with Gasteiger partial charge in [-0.25, -0.2) is 0 Å². The van der Waals surface area contributed by atoms with Crippen LogP contribution >= 0.6 is 15.9 Å². The van der Waals surface area contributed by atoms with E-state index in [0.717, 1.165) is 10.9 Å². The molecule has 0 spiro atoms. The van der Waals surface area contributed by atoms with Gasteiger partial charge in [0.25, 0.3) is 0 Å². The van der Waals surface area contributed by atoms with E-state index in [1.165, 1.54) is 0 Å². The van der Waals surface area contributed by atoms with Crippen molar-refractivity contribution in [3.63, 3.8) is 0 Å². The fourth-order valence-corrected chi connectivity index (χ4v) is 1.83. The van der Waals surface area contributed by atoms with E-state index in [2.05, 4.69) is 26.3 Å². The molecule has 0 saturated carbocycles. The average molecular weight is 348 g/mol. The first-order valence-electron chi connectivity index (χ1n) is 6.54. The largest absolute Gasteiger partial charge is 0.382 e. The van der Waals surface area contributed by atoms with E-state index in [0.29, 0.717) is 26.4 Å². The summed E-state index contributed by atoms with van der Waals surface area (Å²) in [6.45, 7) is 6.02. The van der Waals surface area contributed by atoms with E-state index in [9.17, 15) is 4.79 Å². The molecule has 1 heterocycles. The zero-order valence-electron chi connectivity index (χ0n) is 12.2. The zero-order chi connectivity index (χ0) is 15.0. The number of ether oxygens (including phenoxy) is 2. The third kappa shape index (κ3) is 5.22. The molecule has 0 aliphatic heterocycles. The number of nitrogens with one attached hydrogen (secondary N) is 1. The fraction of sp³-hybridized carbons (Fsp3) is 0.692. The number of nitrogens with zero attached hydrogens (tertiary/aromatic N) is 2. The van der Waals surface area contributed by atoms with Gasteiger partial charge in [0.2, 0.25) is 5.91 Å². The van der Waals surface area contributed by atoms with Crippen LogP contribution in [-0.2, 0) is 19.8 Å². The van der Waals surface area contributed by atoms with Crippen molar-refractivity contribution < 1.29 is 14.3 Å². The lowest BCUT2D eigenvalue weighted by Crippen LogP contribution is -2.45. The summed E-state index contributed by atoms with van der Waals surface area (Å²) >= 11 is 3.33. The number of hydrogen-bond acceptors (Lipinski definition) is 4. The Bertz CT molecular complexity index is 421. The summed E-state index contributed by atoms with van der Waals surface area (Å²) in [6.07, 6.45) is 4.22. The summed E-state index contributed by atoms with van der Waals surface area (Å²) in [5.74, 6) is -0.0648. The highest BCUT2D eigenvalue weighted by Crippen LogP contribution is 2.17. The predicted octanol–water partition coefficient (Wildman–Crippen LogP) is 1.55. The number of aromatic nitrogens is 2. The summed E-state index contributed by atoms with van der Waals surface area (Å²) in [4.78, 5) is 12.2. The molecule has 1 rings (SSSR count). The van der Waals surface area contributed by atoms with E-state index in [1.807, 2.05) is 13.8 Å². The highest BCUT2D eigenvalue weighted by molar-refractivity contribution is 9.10. The molecular weight excluding hydrogens is 326 g/mol. The Hall–Kier alpha value is -0.920. The maximum atomic E-state index is 12.2. The number of methoxy groups -OCH3 is 1. The molecule has 1 amide bonds. The van der Waals surface area contributed by atoms with Crippen molar-refractivity contribution in [3.8, 4) is 0 Å². The Balaban J connectivity index is 2.28. The lowest BCUT2D eigenvalue weighted by atomic mass is 10.1. The quantitative estimate of drug-likeness (QED) is 0.688. The van der Waals surface area contributed by atoms with Crippen molar-refractivity contribution in [2.75, 3.05) is 33.5 Å². The van der Waals surface area contributed by atoms with Crippen LogP contribution in [-0.4, -0.2) is 49.2 Å². The Morgan fingerprint density at radius 3 is 2.80 bits per heavy atom. The first-order chi connectivity index (χ1) is 9.48. The smallest absolute Gasteiger partial charge is 0.247 e. The molecule has 1 N–H and O–H groups in total. The number of halogens is 1. The Morgan fingerprint density at radius 1 is 1.45 bits per heavy atom. The number of amides is 1. The molecule has 0 atom stereocenters. The van der Waals surface area contributed by atoms with Crippen molar-refractivity contribution in [3.05, 3.63) is 16.9 Å². The topological polar surface area (TPSA) is 65.4 Å². The van der Waals surface area contributed by atoms with E-state index >= 15 is 0 Å². The number of hydrogen-bond donors (Lipinski definition) is 1. The molecule has 114 valence electrons. The summed E-state index contributed by atoms with van der Waals surface area (Å²) in [5.41, 5.74) is -0.719. The van der Waals surface area contributed by atoms with Crippen molar-refractivity contribution in [1.29, 1.82) is 0 Å². The minimum absolute atomic E-state index is 0.0648. The van der Waals surface area contributed by atoms with Gasteiger partial charge >= 0.3 is 0 Å². The van der Waals surface area contributed by atoms with Crippen LogP contribution in [0.3, 0.4) is 0 Å². The highest BCUT2D eigenvalue weighted by atomic mass is 79.9. The van der Waals surface area contributed by atoms with Crippen LogP contribution in [0.1, 0.15) is 20.3 Å². The second kappa shape index (κ2) is 8.39. The maximum Gasteiger partial charge on any atom is 0.247 e. The second-order valence-electron chi connectivity index (χ2n) is 4.88. The third-order valence-corrected chi connectivity index (χ3v) is 3.27. The van der Waals surface area contributed by atoms with E-state index in [1.54, 1.807) is 24.2 Å². The molecule has 0 aromatic carbocycles. The standard InChI is InChI=1S/C13H22BrN3O3/c1-13(2,17-10-11(14)9-16-17)12(18)15-5-4-6-20-8-7-19-3/h9-10H,4-8H2,1-3H3,(H,15,18). The van der Waals surface area contributed by atoms with Crippen molar-refractivity contribution in [2.24, 2.45) is 0 Å². The van der Waals surface area contributed by atoms with Gasteiger partial charge in [-0.15, -0.1) is 0 Å². The summed E-state index contributed by atoms with van der Waals surface area (Å²) in [7, 11) is 1.64. The summed E-state index contributed by atoms with van der Waals surface area (Å²) < 4.78 is 12.7. The van der Waals surface area contributed by atoms with Crippen LogP contribution in [0.4, 0.5) is 0 Å². The van der Waals surface area contributed by atoms with E-state index in [-0.39, 0.29) is 5.91 Å². The lowest BCUT2D eigenvalue weighted by Gasteiger charge is -2.24. The van der Waals surface area contributed by atoms with Gasteiger partial charge in [0.15, 0.2) is 0 Å². The number of rotatable bonds is 9. The highest BCUT2D eigenvalue weighted by Gasteiger charge is 2.30. The first-order valence-corrected chi connectivity index (χ1v) is 7.33. The lowest BCUT2D eigenvalue weighted by molar-refractivity contribution is -0.128. The summed E-state index contributed by atoms with van der Waals surface area (Å²) in [6, 6.07) is 0. The molecule has 1 aromatic heterocycles. The minimum atomic E-state index is -0.719. The number of carbonyl (C=O) groups excluding carboxylic acids is 1. The van der Waals surface area contributed by atoms with Crippen molar-refractivity contribution >= 4 is 21.8 Å². The molecule has 0 aliphatic carbocycles. The zero-order valence-corrected chi connectivity index (χ0v) is 13.8. The normalized spacial score (nSPS) is 11.6. The Kier molecular flexibility index (Phi) is 7.18. The van der Waals surface area contributed by atoms with Gasteiger partial charge in [-0.2, -0.15) is 5.10 Å². The van der Waals surface area contributed by atoms with Gasteiger partial charge in [-0.3, -0.25) is 9.48 Å². The van der Waals surface area contributed by atoms with Gasteiger partial charge in [-0.05, 0) is 36.2 Å². The summed E-state index contributed by atoms with van der Waals surface area (Å²) in [5, 5.41) is 7.05. The molecule has 20 heavy (non-hydrogen) atoms. The fourth-order valence-electron chi connectivity index (χ4n) is 1.55. The first kappa shape index (κ1) is 17.1. The third-order valence-electron chi connectivity index (χ3n) is 2.86. The Morgan fingerprint density at radius 2 is 2.20 bits per heavy atom. The average Bonchev–Trinajstić information content (AvgIpc) is 2.84. The van der Waals surface area contributed by atoms with Crippen LogP contribution in [0.25, 0.3) is 0 Å². The van der Waals surface area contributed by atoms with E-state index < -0.39 is 5.54 Å². The van der Waals surface area contributed by atoms with Crippen LogP contribution in [0.15, 0.2) is 16.9 Å². The van der Waals surface area contributed by atoms with Crippen LogP contribution < -0.4 is 5.32 Å². The van der Waals surface area contributed by atoms with Crippen LogP contribution in [0.5, 0.6) is 0 Å². The Labute approximate surface area is 127 Å². The molecule has 0 aliphatic rings. The second-order valence-corrected chi connectivity index (χ2v) is 5.79. The van der Waals surface area contributed by atoms with Crippen molar-refractivity contribution in [2.45, 2.75) is 25.8 Å². The molecule has 0 radical (unpaired) electrons. The molecular formula is C13H22BrN3O3. The molecule has 0 fully saturated rings. The molecule has 0 saturated heterocycles. The van der Waals surface area contributed by atoms with Gasteiger partial charge in [0.05, 0.1) is 23.9 Å². The molecule has 7 heteroatoms. The monoisotopic (exact) mass is 347 g/mol. The van der Waals surface area contributed by atoms with Crippen LogP contribution in [0.2, 0.25) is 0 Å². The van der Waals surface area contributed by atoms with Gasteiger partial charge in [-0.1, -0.05) is 0 Å². The van der Waals surface area contributed by atoms with E-state index in [4.69, 9.17) is 9.47 Å². The molecule has 0 unspecified atom stereocenters. The molecule has 0 bridgehead atoms. The predicted molar refractivity (Wildman–Crippen MR) is 79.6 cm³/mol. The SMILES string of the molecule is COCCOCCCNC(=O)C(C)(C)n1cc(Br)cn1. The maximum absolute atomic E-state index is 12.2. The minimum Gasteiger partial charge on any atom is -0.382 e. The van der Waals surface area contributed by atoms with Crippen molar-refractivity contribution in [1.82, 2.24) is 15.1 Å². The molecule has 6 nitrogen and oxygen atoms in total. The van der Waals surface area contributed by atoms with Gasteiger partial charge in [0.1, 0.15) is 5.54 Å². The van der Waals surface area contributed by atoms with Gasteiger partial charge in [0, 0.05) is 26.5 Å².